The lowest BCUT2D eigenvalue weighted by Crippen LogP contribution is -2.51. The summed E-state index contributed by atoms with van der Waals surface area (Å²) in [5, 5.41) is 8.93. The number of hydrogen-bond donors (Lipinski definition) is 1. The molecule has 5 heteroatoms. The van der Waals surface area contributed by atoms with Gasteiger partial charge in [0.15, 0.2) is 0 Å². The Hall–Kier alpha value is -0.710. The predicted molar refractivity (Wildman–Crippen MR) is 55.3 cm³/mol. The molecule has 0 aromatic rings. The van der Waals surface area contributed by atoms with E-state index in [1.807, 2.05) is 13.8 Å². The molecule has 0 aromatic carbocycles. The van der Waals surface area contributed by atoms with Crippen molar-refractivity contribution in [2.75, 3.05) is 18.1 Å². The number of carbonyl (C=O) groups excluding carboxylic acids is 1. The van der Waals surface area contributed by atoms with Gasteiger partial charge in [-0.05, 0) is 5.92 Å². The summed E-state index contributed by atoms with van der Waals surface area (Å²) in [6, 6.07) is -0.636. The van der Waals surface area contributed by atoms with E-state index in [0.717, 1.165) is 0 Å². The van der Waals surface area contributed by atoms with E-state index in [-0.39, 0.29) is 5.91 Å². The molecule has 1 atom stereocenters. The molecule has 1 aliphatic rings. The number of hydrogen-bond acceptors (Lipinski definition) is 3. The van der Waals surface area contributed by atoms with Gasteiger partial charge >= 0.3 is 5.97 Å². The molecule has 1 saturated heterocycles. The third kappa shape index (κ3) is 2.64. The molecule has 0 saturated carbocycles. The van der Waals surface area contributed by atoms with Crippen molar-refractivity contribution in [3.8, 4) is 0 Å². The molecule has 0 aliphatic carbocycles. The second-order valence-corrected chi connectivity index (χ2v) is 4.84. The Morgan fingerprint density at radius 3 is 2.86 bits per heavy atom. The van der Waals surface area contributed by atoms with Crippen LogP contribution in [0.2, 0.25) is 0 Å². The zero-order valence-corrected chi connectivity index (χ0v) is 9.21. The lowest BCUT2D eigenvalue weighted by molar-refractivity contribution is -0.149. The van der Waals surface area contributed by atoms with Crippen molar-refractivity contribution < 1.29 is 14.7 Å². The van der Waals surface area contributed by atoms with Gasteiger partial charge in [-0.15, -0.1) is 11.8 Å². The first-order valence-electron chi connectivity index (χ1n) is 4.62. The molecule has 1 unspecified atom stereocenters. The quantitative estimate of drug-likeness (QED) is 0.755. The fraction of sp³-hybridized carbons (Fsp3) is 0.778. The van der Waals surface area contributed by atoms with E-state index >= 15 is 0 Å². The number of carboxylic acids is 1. The Balaban J connectivity index is 2.70. The average Bonchev–Trinajstić information content (AvgIpc) is 2.07. The monoisotopic (exact) mass is 217 g/mol. The highest BCUT2D eigenvalue weighted by atomic mass is 32.2. The maximum atomic E-state index is 11.5. The summed E-state index contributed by atoms with van der Waals surface area (Å²) in [5.41, 5.74) is 0. The number of carboxylic acid groups (broad SMARTS) is 1. The molecule has 1 fully saturated rings. The van der Waals surface area contributed by atoms with Crippen LogP contribution in [0.25, 0.3) is 0 Å². The van der Waals surface area contributed by atoms with Crippen molar-refractivity contribution in [1.29, 1.82) is 0 Å². The highest BCUT2D eigenvalue weighted by Gasteiger charge is 2.33. The third-order valence-corrected chi connectivity index (χ3v) is 3.05. The van der Waals surface area contributed by atoms with Crippen molar-refractivity contribution in [1.82, 2.24) is 4.90 Å². The van der Waals surface area contributed by atoms with Gasteiger partial charge in [-0.2, -0.15) is 0 Å². The van der Waals surface area contributed by atoms with Crippen molar-refractivity contribution in [3.63, 3.8) is 0 Å². The van der Waals surface area contributed by atoms with E-state index in [0.29, 0.717) is 24.0 Å². The molecule has 1 aliphatic heterocycles. The first-order valence-corrected chi connectivity index (χ1v) is 5.78. The molecular formula is C9H15NO3S. The van der Waals surface area contributed by atoms with E-state index in [9.17, 15) is 9.59 Å². The van der Waals surface area contributed by atoms with Crippen LogP contribution < -0.4 is 0 Å². The maximum absolute atomic E-state index is 11.5. The number of aliphatic carboxylic acids is 1. The summed E-state index contributed by atoms with van der Waals surface area (Å²) in [6.07, 6.45) is 0. The van der Waals surface area contributed by atoms with E-state index < -0.39 is 12.0 Å². The summed E-state index contributed by atoms with van der Waals surface area (Å²) in [6.45, 7) is 4.50. The number of rotatable bonds is 3. The Morgan fingerprint density at radius 2 is 2.36 bits per heavy atom. The molecule has 1 rings (SSSR count). The van der Waals surface area contributed by atoms with Gasteiger partial charge < -0.3 is 10.0 Å². The smallest absolute Gasteiger partial charge is 0.327 e. The Bertz CT molecular complexity index is 242. The summed E-state index contributed by atoms with van der Waals surface area (Å²) >= 11 is 1.40. The molecule has 4 nitrogen and oxygen atoms in total. The fourth-order valence-corrected chi connectivity index (χ4v) is 2.44. The second-order valence-electron chi connectivity index (χ2n) is 3.81. The molecule has 80 valence electrons. The maximum Gasteiger partial charge on any atom is 0.327 e. The molecule has 0 radical (unpaired) electrons. The highest BCUT2D eigenvalue weighted by molar-refractivity contribution is 8.00. The first-order chi connectivity index (χ1) is 6.52. The van der Waals surface area contributed by atoms with E-state index in [1.165, 1.54) is 16.7 Å². The van der Waals surface area contributed by atoms with Gasteiger partial charge in [-0.25, -0.2) is 4.79 Å². The van der Waals surface area contributed by atoms with Crippen LogP contribution in [0.4, 0.5) is 0 Å². The van der Waals surface area contributed by atoms with Crippen LogP contribution in [-0.4, -0.2) is 46.0 Å². The largest absolute Gasteiger partial charge is 0.480 e. The van der Waals surface area contributed by atoms with Crippen LogP contribution >= 0.6 is 11.8 Å². The highest BCUT2D eigenvalue weighted by Crippen LogP contribution is 2.19. The molecular weight excluding hydrogens is 202 g/mol. The van der Waals surface area contributed by atoms with Crippen LogP contribution in [0.1, 0.15) is 13.8 Å². The average molecular weight is 217 g/mol. The SMILES string of the molecule is CC(C)CN1C(=O)CSCC1C(=O)O. The number of amides is 1. The van der Waals surface area contributed by atoms with Crippen molar-refractivity contribution in [2.24, 2.45) is 5.92 Å². The van der Waals surface area contributed by atoms with Crippen molar-refractivity contribution in [3.05, 3.63) is 0 Å². The minimum absolute atomic E-state index is 0.0534. The van der Waals surface area contributed by atoms with Gasteiger partial charge in [-0.3, -0.25) is 4.79 Å². The van der Waals surface area contributed by atoms with Crippen molar-refractivity contribution >= 4 is 23.6 Å². The standard InChI is InChI=1S/C9H15NO3S/c1-6(2)3-10-7(9(12)13)4-14-5-8(10)11/h6-7H,3-5H2,1-2H3,(H,12,13). The van der Waals surface area contributed by atoms with E-state index in [2.05, 4.69) is 0 Å². The summed E-state index contributed by atoms with van der Waals surface area (Å²) in [4.78, 5) is 23.9. The minimum atomic E-state index is -0.897. The van der Waals surface area contributed by atoms with Crippen LogP contribution in [0.5, 0.6) is 0 Å². The van der Waals surface area contributed by atoms with E-state index in [1.54, 1.807) is 0 Å². The normalized spacial score (nSPS) is 22.9. The molecule has 0 aromatic heterocycles. The molecule has 0 bridgehead atoms. The topological polar surface area (TPSA) is 57.6 Å². The van der Waals surface area contributed by atoms with Crippen molar-refractivity contribution in [2.45, 2.75) is 19.9 Å². The Labute approximate surface area is 87.7 Å². The molecule has 1 amide bonds. The van der Waals surface area contributed by atoms with Gasteiger partial charge in [0.1, 0.15) is 6.04 Å². The fourth-order valence-electron chi connectivity index (χ4n) is 1.43. The Kier molecular flexibility index (Phi) is 3.80. The van der Waals surface area contributed by atoms with Crippen LogP contribution in [0, 0.1) is 5.92 Å². The van der Waals surface area contributed by atoms with Crippen LogP contribution in [0.15, 0.2) is 0 Å². The van der Waals surface area contributed by atoms with Gasteiger partial charge in [0, 0.05) is 12.3 Å². The number of thioether (sulfide) groups is 1. The Morgan fingerprint density at radius 1 is 1.71 bits per heavy atom. The van der Waals surface area contributed by atoms with Crippen LogP contribution in [-0.2, 0) is 9.59 Å². The lowest BCUT2D eigenvalue weighted by atomic mass is 10.1. The molecule has 1 heterocycles. The van der Waals surface area contributed by atoms with Crippen LogP contribution in [0.3, 0.4) is 0 Å². The third-order valence-electron chi connectivity index (χ3n) is 2.04. The summed E-state index contributed by atoms with van der Waals surface area (Å²) in [7, 11) is 0. The predicted octanol–water partition coefficient (Wildman–Crippen LogP) is 0.671. The van der Waals surface area contributed by atoms with Gasteiger partial charge in [0.05, 0.1) is 5.75 Å². The second kappa shape index (κ2) is 4.68. The lowest BCUT2D eigenvalue weighted by Gasteiger charge is -2.33. The number of carbonyl (C=O) groups is 2. The summed E-state index contributed by atoms with van der Waals surface area (Å²) < 4.78 is 0. The molecule has 1 N–H and O–H groups in total. The number of nitrogens with zero attached hydrogens (tertiary/aromatic N) is 1. The van der Waals surface area contributed by atoms with E-state index in [4.69, 9.17) is 5.11 Å². The molecule has 0 spiro atoms. The summed E-state index contributed by atoms with van der Waals surface area (Å²) in [5.74, 6) is 0.280. The minimum Gasteiger partial charge on any atom is -0.480 e. The molecule has 14 heavy (non-hydrogen) atoms. The zero-order chi connectivity index (χ0) is 10.7. The van der Waals surface area contributed by atoms with Gasteiger partial charge in [-0.1, -0.05) is 13.8 Å². The van der Waals surface area contributed by atoms with Gasteiger partial charge in [0.25, 0.3) is 0 Å². The van der Waals surface area contributed by atoms with Gasteiger partial charge in [0.2, 0.25) is 5.91 Å². The first kappa shape index (κ1) is 11.4. The zero-order valence-electron chi connectivity index (χ0n) is 8.40.